The Bertz CT molecular complexity index is 981. The quantitative estimate of drug-likeness (QED) is 0.465. The van der Waals surface area contributed by atoms with Gasteiger partial charge in [0.1, 0.15) is 11.9 Å². The van der Waals surface area contributed by atoms with Crippen molar-refractivity contribution < 1.29 is 28.9 Å². The molecule has 3 rings (SSSR count). The van der Waals surface area contributed by atoms with Gasteiger partial charge in [-0.1, -0.05) is 20.8 Å². The van der Waals surface area contributed by atoms with Gasteiger partial charge in [0, 0.05) is 31.7 Å². The van der Waals surface area contributed by atoms with Gasteiger partial charge >= 0.3 is 0 Å². The van der Waals surface area contributed by atoms with Gasteiger partial charge in [0.25, 0.3) is 5.91 Å². The van der Waals surface area contributed by atoms with Crippen LogP contribution in [0.5, 0.6) is 0 Å². The number of aliphatic hydroxyl groups excluding tert-OH is 2. The summed E-state index contributed by atoms with van der Waals surface area (Å²) >= 11 is 0. The van der Waals surface area contributed by atoms with E-state index in [1.54, 1.807) is 25.5 Å². The van der Waals surface area contributed by atoms with Crippen LogP contribution in [-0.2, 0) is 16.1 Å². The van der Waals surface area contributed by atoms with E-state index in [9.17, 15) is 19.1 Å². The number of halogens is 1. The summed E-state index contributed by atoms with van der Waals surface area (Å²) in [5, 5.41) is 28.8. The van der Waals surface area contributed by atoms with E-state index < -0.39 is 41.8 Å². The zero-order valence-corrected chi connectivity index (χ0v) is 19.3. The first-order chi connectivity index (χ1) is 15.6. The Balaban J connectivity index is 1.85. The van der Waals surface area contributed by atoms with E-state index in [0.717, 1.165) is 12.8 Å². The van der Waals surface area contributed by atoms with Crippen LogP contribution in [0.1, 0.15) is 44.1 Å². The largest absolute Gasteiger partial charge is 0.394 e. The van der Waals surface area contributed by atoms with Gasteiger partial charge in [-0.3, -0.25) is 14.3 Å². The molecule has 1 aliphatic heterocycles. The van der Waals surface area contributed by atoms with Gasteiger partial charge in [-0.15, -0.1) is 0 Å². The van der Waals surface area contributed by atoms with Crippen molar-refractivity contribution >= 4 is 22.7 Å². The first-order valence-electron chi connectivity index (χ1n) is 11.2. The molecule has 2 heterocycles. The highest BCUT2D eigenvalue weighted by molar-refractivity contribution is 6.06. The monoisotopic (exact) mass is 464 g/mol. The fourth-order valence-electron chi connectivity index (χ4n) is 3.89. The lowest BCUT2D eigenvalue weighted by Crippen LogP contribution is -2.54. The summed E-state index contributed by atoms with van der Waals surface area (Å²) in [5.41, 5.74) is 0.000191. The van der Waals surface area contributed by atoms with Gasteiger partial charge < -0.3 is 25.6 Å². The molecule has 1 saturated heterocycles. The lowest BCUT2D eigenvalue weighted by atomic mass is 9.86. The second-order valence-corrected chi connectivity index (χ2v) is 9.60. The number of benzene rings is 1. The number of rotatable bonds is 8. The molecule has 10 heteroatoms. The topological polar surface area (TPSA) is 126 Å². The SMILES string of the molecule is CC(C)(C)C(NC(=O)c1nn(CC2CCOCC2)c2cc(F)ccc12)C(=O)NC[C@@H](O)CO. The van der Waals surface area contributed by atoms with Crippen molar-refractivity contribution in [1.82, 2.24) is 20.4 Å². The molecule has 9 nitrogen and oxygen atoms in total. The minimum Gasteiger partial charge on any atom is -0.394 e. The van der Waals surface area contributed by atoms with E-state index in [0.29, 0.717) is 36.6 Å². The smallest absolute Gasteiger partial charge is 0.273 e. The molecule has 1 aromatic heterocycles. The lowest BCUT2D eigenvalue weighted by molar-refractivity contribution is -0.125. The second-order valence-electron chi connectivity index (χ2n) is 9.60. The Morgan fingerprint density at radius 1 is 1.30 bits per heavy atom. The molecule has 1 aliphatic rings. The molecule has 1 unspecified atom stereocenters. The molecule has 1 aromatic carbocycles. The van der Waals surface area contributed by atoms with Gasteiger partial charge in [-0.25, -0.2) is 4.39 Å². The third-order valence-electron chi connectivity index (χ3n) is 5.83. The second kappa shape index (κ2) is 10.6. The molecule has 4 N–H and O–H groups in total. The van der Waals surface area contributed by atoms with Crippen molar-refractivity contribution in [3.63, 3.8) is 0 Å². The van der Waals surface area contributed by atoms with Gasteiger partial charge in [0.05, 0.1) is 18.2 Å². The number of aromatic nitrogens is 2. The van der Waals surface area contributed by atoms with Crippen LogP contribution in [0.15, 0.2) is 18.2 Å². The number of fused-ring (bicyclic) bond motifs is 1. The number of aliphatic hydroxyl groups is 2. The van der Waals surface area contributed by atoms with Crippen molar-refractivity contribution in [2.24, 2.45) is 11.3 Å². The standard InChI is InChI=1S/C23H33FN4O5/c1-23(2,3)20(22(32)25-11-16(30)13-29)26-21(31)19-17-5-4-15(24)10-18(17)28(27-19)12-14-6-8-33-9-7-14/h4-5,10,14,16,20,29-30H,6-9,11-13H2,1-3H3,(H,25,32)(H,26,31)/t16-,20?/m1/s1. The van der Waals surface area contributed by atoms with E-state index in [1.165, 1.54) is 18.2 Å². The van der Waals surface area contributed by atoms with Crippen LogP contribution in [0, 0.1) is 17.2 Å². The number of hydrogen-bond donors (Lipinski definition) is 4. The normalized spacial score (nSPS) is 17.0. The molecule has 0 bridgehead atoms. The molecular weight excluding hydrogens is 431 g/mol. The number of amides is 2. The highest BCUT2D eigenvalue weighted by Crippen LogP contribution is 2.25. The van der Waals surface area contributed by atoms with Crippen molar-refractivity contribution in [3.05, 3.63) is 29.7 Å². The molecule has 2 amide bonds. The fraction of sp³-hybridized carbons (Fsp3) is 0.609. The number of nitrogens with zero attached hydrogens (tertiary/aromatic N) is 2. The van der Waals surface area contributed by atoms with E-state index in [2.05, 4.69) is 15.7 Å². The van der Waals surface area contributed by atoms with E-state index >= 15 is 0 Å². The lowest BCUT2D eigenvalue weighted by Gasteiger charge is -2.30. The maximum atomic E-state index is 14.0. The van der Waals surface area contributed by atoms with Crippen molar-refractivity contribution in [2.45, 2.75) is 52.3 Å². The Kier molecular flexibility index (Phi) is 8.04. The van der Waals surface area contributed by atoms with Crippen molar-refractivity contribution in [2.75, 3.05) is 26.4 Å². The van der Waals surface area contributed by atoms with Crippen LogP contribution in [0.25, 0.3) is 10.9 Å². The highest BCUT2D eigenvalue weighted by Gasteiger charge is 2.34. The molecule has 0 radical (unpaired) electrons. The molecular formula is C23H33FN4O5. The predicted octanol–water partition coefficient (Wildman–Crippen LogP) is 1.22. The number of hydrogen-bond acceptors (Lipinski definition) is 6. The van der Waals surface area contributed by atoms with E-state index in [1.807, 2.05) is 0 Å². The first kappa shape index (κ1) is 25.1. The predicted molar refractivity (Wildman–Crippen MR) is 120 cm³/mol. The van der Waals surface area contributed by atoms with Gasteiger partial charge in [-0.2, -0.15) is 5.10 Å². The molecule has 182 valence electrons. The van der Waals surface area contributed by atoms with Crippen LogP contribution in [0.4, 0.5) is 4.39 Å². The molecule has 1 fully saturated rings. The third kappa shape index (κ3) is 6.27. The number of nitrogens with one attached hydrogen (secondary N) is 2. The van der Waals surface area contributed by atoms with Crippen LogP contribution in [0.3, 0.4) is 0 Å². The van der Waals surface area contributed by atoms with Crippen LogP contribution < -0.4 is 10.6 Å². The van der Waals surface area contributed by atoms with Crippen molar-refractivity contribution in [1.29, 1.82) is 0 Å². The minimum absolute atomic E-state index is 0.120. The third-order valence-corrected chi connectivity index (χ3v) is 5.83. The summed E-state index contributed by atoms with van der Waals surface area (Å²) in [6, 6.07) is 3.25. The number of ether oxygens (including phenoxy) is 1. The summed E-state index contributed by atoms with van der Waals surface area (Å²) < 4.78 is 21.1. The highest BCUT2D eigenvalue weighted by atomic mass is 19.1. The average molecular weight is 465 g/mol. The molecule has 0 spiro atoms. The summed E-state index contributed by atoms with van der Waals surface area (Å²) in [5.74, 6) is -1.14. The van der Waals surface area contributed by atoms with Crippen LogP contribution in [-0.4, -0.2) is 70.3 Å². The van der Waals surface area contributed by atoms with E-state index in [-0.39, 0.29) is 12.2 Å². The number of carbonyl (C=O) groups is 2. The zero-order chi connectivity index (χ0) is 24.2. The first-order valence-corrected chi connectivity index (χ1v) is 11.2. The minimum atomic E-state index is -1.09. The summed E-state index contributed by atoms with van der Waals surface area (Å²) in [7, 11) is 0. The maximum Gasteiger partial charge on any atom is 0.273 e. The fourth-order valence-corrected chi connectivity index (χ4v) is 3.89. The van der Waals surface area contributed by atoms with Gasteiger partial charge in [-0.05, 0) is 42.4 Å². The Hall–Kier alpha value is -2.56. The Morgan fingerprint density at radius 3 is 2.64 bits per heavy atom. The Morgan fingerprint density at radius 2 is 2.00 bits per heavy atom. The number of carbonyl (C=O) groups excluding carboxylic acids is 2. The average Bonchev–Trinajstić information content (AvgIpc) is 3.12. The summed E-state index contributed by atoms with van der Waals surface area (Å²) in [6.07, 6.45) is 0.638. The Labute approximate surface area is 192 Å². The molecule has 2 atom stereocenters. The van der Waals surface area contributed by atoms with Crippen LogP contribution in [0.2, 0.25) is 0 Å². The van der Waals surface area contributed by atoms with Gasteiger partial charge in [0.15, 0.2) is 5.69 Å². The molecule has 33 heavy (non-hydrogen) atoms. The summed E-state index contributed by atoms with van der Waals surface area (Å²) in [6.45, 7) is 6.65. The summed E-state index contributed by atoms with van der Waals surface area (Å²) in [4.78, 5) is 26.0. The van der Waals surface area contributed by atoms with Gasteiger partial charge in [0.2, 0.25) is 5.91 Å². The van der Waals surface area contributed by atoms with Crippen molar-refractivity contribution in [3.8, 4) is 0 Å². The van der Waals surface area contributed by atoms with E-state index in [4.69, 9.17) is 9.84 Å². The zero-order valence-electron chi connectivity index (χ0n) is 19.3. The molecule has 0 saturated carbocycles. The molecule has 2 aromatic rings. The van der Waals surface area contributed by atoms with Crippen LogP contribution >= 0.6 is 0 Å². The molecule has 0 aliphatic carbocycles. The maximum absolute atomic E-state index is 14.0.